The molecule has 1 aromatic carbocycles. The lowest BCUT2D eigenvalue weighted by atomic mass is 9.96. The molecule has 1 aliphatic heterocycles. The number of carbonyl (C=O) groups is 2. The molecule has 1 aromatic rings. The second-order valence-electron chi connectivity index (χ2n) is 5.48. The van der Waals surface area contributed by atoms with Gasteiger partial charge < -0.3 is 15.0 Å². The molecule has 0 radical (unpaired) electrons. The predicted octanol–water partition coefficient (Wildman–Crippen LogP) is 1.57. The molecule has 0 spiro atoms. The zero-order valence-corrected chi connectivity index (χ0v) is 12.8. The lowest BCUT2D eigenvalue weighted by molar-refractivity contribution is -0.146. The van der Waals surface area contributed by atoms with Crippen LogP contribution in [0.2, 0.25) is 0 Å². The van der Waals surface area contributed by atoms with E-state index in [1.165, 1.54) is 0 Å². The normalized spacial score (nSPS) is 20.1. The van der Waals surface area contributed by atoms with Crippen molar-refractivity contribution in [3.05, 3.63) is 29.8 Å². The molecular weight excluding hydrogens is 268 g/mol. The summed E-state index contributed by atoms with van der Waals surface area (Å²) >= 11 is 0. The Labute approximate surface area is 125 Å². The largest absolute Gasteiger partial charge is 0.497 e. The maximum absolute atomic E-state index is 12.5. The number of hydrogen-bond acceptors (Lipinski definition) is 3. The van der Waals surface area contributed by atoms with Crippen molar-refractivity contribution in [3.8, 4) is 5.75 Å². The fourth-order valence-electron chi connectivity index (χ4n) is 2.48. The molecule has 2 amide bonds. The maximum atomic E-state index is 12.5. The van der Waals surface area contributed by atoms with Gasteiger partial charge >= 0.3 is 0 Å². The van der Waals surface area contributed by atoms with Crippen LogP contribution in [0.1, 0.15) is 25.8 Å². The van der Waals surface area contributed by atoms with Crippen molar-refractivity contribution < 1.29 is 14.3 Å². The van der Waals surface area contributed by atoms with Gasteiger partial charge in [-0.25, -0.2) is 0 Å². The summed E-state index contributed by atoms with van der Waals surface area (Å²) in [7, 11) is 1.61. The highest BCUT2D eigenvalue weighted by Crippen LogP contribution is 2.18. The Balaban J connectivity index is 2.14. The third-order valence-corrected chi connectivity index (χ3v) is 3.95. The van der Waals surface area contributed by atoms with Crippen molar-refractivity contribution in [1.29, 1.82) is 0 Å². The number of ether oxygens (including phenoxy) is 1. The van der Waals surface area contributed by atoms with Gasteiger partial charge in [0.05, 0.1) is 13.7 Å². The highest BCUT2D eigenvalue weighted by Gasteiger charge is 2.35. The smallest absolute Gasteiger partial charge is 0.246 e. The minimum atomic E-state index is -0.415. The van der Waals surface area contributed by atoms with Crippen LogP contribution in [0.15, 0.2) is 24.3 Å². The van der Waals surface area contributed by atoms with E-state index in [9.17, 15) is 9.59 Å². The summed E-state index contributed by atoms with van der Waals surface area (Å²) in [5, 5.41) is 2.80. The number of nitrogens with zero attached hydrogens (tertiary/aromatic N) is 1. The fraction of sp³-hybridized carbons (Fsp3) is 0.500. The van der Waals surface area contributed by atoms with E-state index >= 15 is 0 Å². The number of benzene rings is 1. The molecule has 1 aliphatic rings. The van der Waals surface area contributed by atoms with E-state index in [1.54, 1.807) is 12.0 Å². The van der Waals surface area contributed by atoms with Gasteiger partial charge in [-0.05, 0) is 23.6 Å². The van der Waals surface area contributed by atoms with Gasteiger partial charge in [0.2, 0.25) is 11.8 Å². The van der Waals surface area contributed by atoms with Gasteiger partial charge in [0.15, 0.2) is 0 Å². The second kappa shape index (κ2) is 6.61. The van der Waals surface area contributed by atoms with Crippen LogP contribution >= 0.6 is 0 Å². The standard InChI is InChI=1S/C16H22N2O3/c1-4-11(2)15-16(20)18(10-14(19)17-15)9-12-6-5-7-13(8-12)21-3/h5-8,11,15H,4,9-10H2,1-3H3,(H,17,19). The third kappa shape index (κ3) is 3.54. The Bertz CT molecular complexity index is 530. The van der Waals surface area contributed by atoms with Crippen LogP contribution < -0.4 is 10.1 Å². The molecule has 0 saturated carbocycles. The Morgan fingerprint density at radius 2 is 2.19 bits per heavy atom. The molecule has 2 rings (SSSR count). The molecule has 0 aromatic heterocycles. The Kier molecular flexibility index (Phi) is 4.83. The Morgan fingerprint density at radius 1 is 1.43 bits per heavy atom. The van der Waals surface area contributed by atoms with Crippen LogP contribution in [-0.2, 0) is 16.1 Å². The summed E-state index contributed by atoms with van der Waals surface area (Å²) in [4.78, 5) is 26.0. The van der Waals surface area contributed by atoms with Gasteiger partial charge in [-0.2, -0.15) is 0 Å². The molecule has 1 heterocycles. The quantitative estimate of drug-likeness (QED) is 0.895. The lowest BCUT2D eigenvalue weighted by Crippen LogP contribution is -2.59. The number of carbonyl (C=O) groups excluding carboxylic acids is 2. The van der Waals surface area contributed by atoms with E-state index in [0.717, 1.165) is 17.7 Å². The minimum absolute atomic E-state index is 0.00762. The van der Waals surface area contributed by atoms with Crippen LogP contribution in [0, 0.1) is 5.92 Å². The molecule has 5 heteroatoms. The lowest BCUT2D eigenvalue weighted by Gasteiger charge is -2.35. The van der Waals surface area contributed by atoms with Crippen molar-refractivity contribution >= 4 is 11.8 Å². The van der Waals surface area contributed by atoms with Crippen LogP contribution in [-0.4, -0.2) is 36.4 Å². The van der Waals surface area contributed by atoms with Gasteiger partial charge in [-0.3, -0.25) is 9.59 Å². The first-order valence-electron chi connectivity index (χ1n) is 7.26. The summed E-state index contributed by atoms with van der Waals surface area (Å²) < 4.78 is 5.19. The summed E-state index contributed by atoms with van der Waals surface area (Å²) in [5.74, 6) is 0.781. The molecule has 2 unspecified atom stereocenters. The van der Waals surface area contributed by atoms with Crippen LogP contribution in [0.4, 0.5) is 0 Å². The summed E-state index contributed by atoms with van der Waals surface area (Å²) in [6.45, 7) is 4.54. The molecule has 2 atom stereocenters. The van der Waals surface area contributed by atoms with Crippen molar-refractivity contribution in [3.63, 3.8) is 0 Å². The van der Waals surface area contributed by atoms with Gasteiger partial charge in [0, 0.05) is 6.54 Å². The first kappa shape index (κ1) is 15.4. The molecule has 0 bridgehead atoms. The van der Waals surface area contributed by atoms with E-state index in [2.05, 4.69) is 5.32 Å². The number of piperazine rings is 1. The van der Waals surface area contributed by atoms with Crippen molar-refractivity contribution in [2.75, 3.05) is 13.7 Å². The molecular formula is C16H22N2O3. The van der Waals surface area contributed by atoms with Crippen LogP contribution in [0.5, 0.6) is 5.75 Å². The first-order valence-corrected chi connectivity index (χ1v) is 7.26. The first-order chi connectivity index (χ1) is 10.0. The molecule has 5 nitrogen and oxygen atoms in total. The van der Waals surface area contributed by atoms with Gasteiger partial charge in [-0.15, -0.1) is 0 Å². The number of amides is 2. The molecule has 1 fully saturated rings. The average molecular weight is 290 g/mol. The molecule has 0 aliphatic carbocycles. The van der Waals surface area contributed by atoms with Crippen molar-refractivity contribution in [2.24, 2.45) is 5.92 Å². The topological polar surface area (TPSA) is 58.6 Å². The van der Waals surface area contributed by atoms with Crippen LogP contribution in [0.3, 0.4) is 0 Å². The monoisotopic (exact) mass is 290 g/mol. The zero-order valence-electron chi connectivity index (χ0n) is 12.8. The highest BCUT2D eigenvalue weighted by molar-refractivity contribution is 5.95. The maximum Gasteiger partial charge on any atom is 0.246 e. The SMILES string of the molecule is CCC(C)C1NC(=O)CN(Cc2cccc(OC)c2)C1=O. The third-order valence-electron chi connectivity index (χ3n) is 3.95. The fourth-order valence-corrected chi connectivity index (χ4v) is 2.48. The summed E-state index contributed by atoms with van der Waals surface area (Å²) in [5.41, 5.74) is 0.959. The summed E-state index contributed by atoms with van der Waals surface area (Å²) in [6.07, 6.45) is 0.851. The van der Waals surface area contributed by atoms with E-state index in [4.69, 9.17) is 4.74 Å². The van der Waals surface area contributed by atoms with E-state index in [1.807, 2.05) is 38.1 Å². The Hall–Kier alpha value is -2.04. The molecule has 1 N–H and O–H groups in total. The number of hydrogen-bond donors (Lipinski definition) is 1. The highest BCUT2D eigenvalue weighted by atomic mass is 16.5. The van der Waals surface area contributed by atoms with Crippen LogP contribution in [0.25, 0.3) is 0 Å². The molecule has 1 saturated heterocycles. The Morgan fingerprint density at radius 3 is 2.86 bits per heavy atom. The summed E-state index contributed by atoms with van der Waals surface area (Å²) in [6, 6.07) is 7.14. The minimum Gasteiger partial charge on any atom is -0.497 e. The zero-order chi connectivity index (χ0) is 15.4. The number of nitrogens with one attached hydrogen (secondary N) is 1. The van der Waals surface area contributed by atoms with E-state index in [0.29, 0.717) is 6.54 Å². The van der Waals surface area contributed by atoms with Gasteiger partial charge in [0.25, 0.3) is 0 Å². The molecule has 114 valence electrons. The molecule has 21 heavy (non-hydrogen) atoms. The van der Waals surface area contributed by atoms with Gasteiger partial charge in [0.1, 0.15) is 11.8 Å². The second-order valence-corrected chi connectivity index (χ2v) is 5.48. The van der Waals surface area contributed by atoms with E-state index < -0.39 is 6.04 Å². The van der Waals surface area contributed by atoms with Crippen molar-refractivity contribution in [1.82, 2.24) is 10.2 Å². The number of rotatable bonds is 5. The van der Waals surface area contributed by atoms with Gasteiger partial charge in [-0.1, -0.05) is 32.4 Å². The van der Waals surface area contributed by atoms with E-state index in [-0.39, 0.29) is 24.3 Å². The predicted molar refractivity (Wildman–Crippen MR) is 79.8 cm³/mol. The average Bonchev–Trinajstić information content (AvgIpc) is 2.50. The number of methoxy groups -OCH3 is 1. The van der Waals surface area contributed by atoms with Crippen molar-refractivity contribution in [2.45, 2.75) is 32.9 Å².